The topological polar surface area (TPSA) is 78.9 Å². The van der Waals surface area contributed by atoms with Gasteiger partial charge in [0.2, 0.25) is 0 Å². The fourth-order valence-corrected chi connectivity index (χ4v) is 2.59. The van der Waals surface area contributed by atoms with Gasteiger partial charge in [-0.05, 0) is 72.3 Å². The van der Waals surface area contributed by atoms with Crippen LogP contribution < -0.4 is 16.0 Å². The molecule has 0 aliphatic rings. The number of benzene rings is 2. The molecule has 0 saturated heterocycles. The number of hydrogen-bond donors (Lipinski definition) is 3. The van der Waals surface area contributed by atoms with Gasteiger partial charge in [0.25, 0.3) is 5.91 Å². The van der Waals surface area contributed by atoms with Crippen LogP contribution in [0.25, 0.3) is 0 Å². The number of nitrogens with zero attached hydrogens (tertiary/aromatic N) is 2. The summed E-state index contributed by atoms with van der Waals surface area (Å²) < 4.78 is 16.5. The minimum Gasteiger partial charge on any atom is -0.332 e. The van der Waals surface area contributed by atoms with E-state index >= 15 is 0 Å². The lowest BCUT2D eigenvalue weighted by Gasteiger charge is -2.11. The first-order valence-electron chi connectivity index (χ1n) is 7.12. The predicted molar refractivity (Wildman–Crippen MR) is 101 cm³/mol. The standard InChI is InChI=1S/C16H12FN5OS2/c17-10-1-3-12(4-2-10)19-16(24)20-13-7-5-11(6-8-13)18-15(23)14-9-25-22-21-14/h1-9H,(H,18,23)(H2,19,20,24). The number of halogens is 1. The van der Waals surface area contributed by atoms with E-state index in [1.807, 2.05) is 0 Å². The third-order valence-corrected chi connectivity index (χ3v) is 3.80. The molecule has 0 spiro atoms. The summed E-state index contributed by atoms with van der Waals surface area (Å²) >= 11 is 6.32. The predicted octanol–water partition coefficient (Wildman–Crippen LogP) is 3.74. The molecule has 3 N–H and O–H groups in total. The average Bonchev–Trinajstić information content (AvgIpc) is 3.13. The van der Waals surface area contributed by atoms with Gasteiger partial charge in [-0.2, -0.15) is 0 Å². The fraction of sp³-hybridized carbons (Fsp3) is 0. The second-order valence-corrected chi connectivity index (χ2v) is 5.93. The number of hydrogen-bond acceptors (Lipinski definition) is 5. The van der Waals surface area contributed by atoms with Gasteiger partial charge in [-0.3, -0.25) is 4.79 Å². The summed E-state index contributed by atoms with van der Waals surface area (Å²) in [5, 5.41) is 14.3. The molecule has 0 fully saturated rings. The SMILES string of the molecule is O=C(Nc1ccc(NC(=S)Nc2ccc(F)cc2)cc1)c1csnn1. The summed E-state index contributed by atoms with van der Waals surface area (Å²) in [5.41, 5.74) is 2.32. The molecule has 0 bridgehead atoms. The van der Waals surface area contributed by atoms with Crippen molar-refractivity contribution in [1.82, 2.24) is 9.59 Å². The van der Waals surface area contributed by atoms with Gasteiger partial charge in [-0.15, -0.1) is 5.10 Å². The molecule has 9 heteroatoms. The Hall–Kier alpha value is -2.91. The summed E-state index contributed by atoms with van der Waals surface area (Å²) in [6.45, 7) is 0. The molecule has 6 nitrogen and oxygen atoms in total. The first kappa shape index (κ1) is 16.9. The van der Waals surface area contributed by atoms with Crippen molar-refractivity contribution in [3.05, 3.63) is 65.4 Å². The van der Waals surface area contributed by atoms with Crippen molar-refractivity contribution < 1.29 is 9.18 Å². The lowest BCUT2D eigenvalue weighted by Crippen LogP contribution is -2.19. The van der Waals surface area contributed by atoms with Crippen LogP contribution >= 0.6 is 23.8 Å². The molecule has 126 valence electrons. The van der Waals surface area contributed by atoms with Crippen LogP contribution in [0.2, 0.25) is 0 Å². The third-order valence-electron chi connectivity index (χ3n) is 3.10. The highest BCUT2D eigenvalue weighted by Gasteiger charge is 2.08. The Balaban J connectivity index is 1.56. The maximum absolute atomic E-state index is 12.9. The Morgan fingerprint density at radius 2 is 1.44 bits per heavy atom. The largest absolute Gasteiger partial charge is 0.332 e. The Labute approximate surface area is 152 Å². The summed E-state index contributed by atoms with van der Waals surface area (Å²) in [4.78, 5) is 11.9. The van der Waals surface area contributed by atoms with Gasteiger partial charge in [-0.25, -0.2) is 4.39 Å². The lowest BCUT2D eigenvalue weighted by molar-refractivity contribution is 0.102. The minimum absolute atomic E-state index is 0.275. The molecule has 0 saturated carbocycles. The number of amides is 1. The normalized spacial score (nSPS) is 10.1. The van der Waals surface area contributed by atoms with Crippen LogP contribution in [-0.2, 0) is 0 Å². The Kier molecular flexibility index (Phi) is 5.26. The van der Waals surface area contributed by atoms with Crippen molar-refractivity contribution in [2.75, 3.05) is 16.0 Å². The van der Waals surface area contributed by atoms with Gasteiger partial charge < -0.3 is 16.0 Å². The molecule has 3 rings (SSSR count). The van der Waals surface area contributed by atoms with Crippen LogP contribution in [0.15, 0.2) is 53.9 Å². The average molecular weight is 373 g/mol. The van der Waals surface area contributed by atoms with Crippen LogP contribution in [0.1, 0.15) is 10.5 Å². The zero-order chi connectivity index (χ0) is 17.6. The first-order valence-corrected chi connectivity index (χ1v) is 8.37. The summed E-state index contributed by atoms with van der Waals surface area (Å²) in [6, 6.07) is 12.9. The number of aromatic nitrogens is 2. The number of carbonyl (C=O) groups is 1. The molecule has 0 aliphatic heterocycles. The summed E-state index contributed by atoms with van der Waals surface area (Å²) in [6.07, 6.45) is 0. The minimum atomic E-state index is -0.317. The van der Waals surface area contributed by atoms with Crippen molar-refractivity contribution in [2.24, 2.45) is 0 Å². The van der Waals surface area contributed by atoms with Crippen LogP contribution in [0.5, 0.6) is 0 Å². The van der Waals surface area contributed by atoms with E-state index in [2.05, 4.69) is 25.5 Å². The molecule has 0 radical (unpaired) electrons. The van der Waals surface area contributed by atoms with E-state index in [1.165, 1.54) is 12.1 Å². The maximum atomic E-state index is 12.9. The molecule has 2 aromatic carbocycles. The van der Waals surface area contributed by atoms with Gasteiger partial charge >= 0.3 is 0 Å². The van der Waals surface area contributed by atoms with E-state index in [0.29, 0.717) is 16.5 Å². The molecule has 0 aliphatic carbocycles. The molecule has 0 atom stereocenters. The van der Waals surface area contributed by atoms with Crippen LogP contribution in [0, 0.1) is 5.82 Å². The zero-order valence-corrected chi connectivity index (χ0v) is 14.3. The zero-order valence-electron chi connectivity index (χ0n) is 12.7. The van der Waals surface area contributed by atoms with Gasteiger partial charge in [0, 0.05) is 22.4 Å². The van der Waals surface area contributed by atoms with E-state index in [0.717, 1.165) is 17.2 Å². The Morgan fingerprint density at radius 1 is 0.920 bits per heavy atom. The highest BCUT2D eigenvalue weighted by atomic mass is 32.1. The van der Waals surface area contributed by atoms with Gasteiger partial charge in [0.1, 0.15) is 5.82 Å². The van der Waals surface area contributed by atoms with Gasteiger partial charge in [-0.1, -0.05) is 4.49 Å². The van der Waals surface area contributed by atoms with Crippen molar-refractivity contribution in [3.8, 4) is 0 Å². The quantitative estimate of drug-likeness (QED) is 0.605. The Morgan fingerprint density at radius 3 is 1.96 bits per heavy atom. The summed E-state index contributed by atoms with van der Waals surface area (Å²) in [7, 11) is 0. The molecule has 0 unspecified atom stereocenters. The smallest absolute Gasteiger partial charge is 0.277 e. The molecule has 1 heterocycles. The fourth-order valence-electron chi connectivity index (χ4n) is 1.92. The van der Waals surface area contributed by atoms with Crippen LogP contribution in [-0.4, -0.2) is 20.6 Å². The summed E-state index contributed by atoms with van der Waals surface area (Å²) in [5.74, 6) is -0.626. The Bertz CT molecular complexity index is 867. The molecular formula is C16H12FN5OS2. The number of rotatable bonds is 4. The van der Waals surface area contributed by atoms with E-state index in [9.17, 15) is 9.18 Å². The maximum Gasteiger partial charge on any atom is 0.277 e. The van der Waals surface area contributed by atoms with Crippen molar-refractivity contribution in [2.45, 2.75) is 0 Å². The number of thiocarbonyl (C=S) groups is 1. The van der Waals surface area contributed by atoms with Gasteiger partial charge in [0.15, 0.2) is 10.8 Å². The van der Waals surface area contributed by atoms with Crippen molar-refractivity contribution >= 4 is 51.8 Å². The van der Waals surface area contributed by atoms with Gasteiger partial charge in [0.05, 0.1) is 0 Å². The number of nitrogens with one attached hydrogen (secondary N) is 3. The number of anilines is 3. The number of carbonyl (C=O) groups excluding carboxylic acids is 1. The monoisotopic (exact) mass is 373 g/mol. The third kappa shape index (κ3) is 4.78. The van der Waals surface area contributed by atoms with Crippen molar-refractivity contribution in [3.63, 3.8) is 0 Å². The van der Waals surface area contributed by atoms with Crippen LogP contribution in [0.4, 0.5) is 21.5 Å². The highest BCUT2D eigenvalue weighted by Crippen LogP contribution is 2.15. The molecular weight excluding hydrogens is 361 g/mol. The van der Waals surface area contributed by atoms with Crippen LogP contribution in [0.3, 0.4) is 0 Å². The lowest BCUT2D eigenvalue weighted by atomic mass is 10.2. The van der Waals surface area contributed by atoms with E-state index in [1.54, 1.807) is 41.8 Å². The highest BCUT2D eigenvalue weighted by molar-refractivity contribution is 7.80. The second kappa shape index (κ2) is 7.77. The van der Waals surface area contributed by atoms with Crippen molar-refractivity contribution in [1.29, 1.82) is 0 Å². The molecule has 3 aromatic rings. The molecule has 1 amide bonds. The second-order valence-electron chi connectivity index (χ2n) is 4.91. The van der Waals surface area contributed by atoms with E-state index < -0.39 is 0 Å². The molecule has 25 heavy (non-hydrogen) atoms. The van der Waals surface area contributed by atoms with E-state index in [-0.39, 0.29) is 17.4 Å². The first-order chi connectivity index (χ1) is 12.1. The van der Waals surface area contributed by atoms with E-state index in [4.69, 9.17) is 12.2 Å². The molecule has 1 aromatic heterocycles.